The molecule has 0 bridgehead atoms. The van der Waals surface area contributed by atoms with Gasteiger partial charge in [-0.1, -0.05) is 44.2 Å². The van der Waals surface area contributed by atoms with Gasteiger partial charge >= 0.3 is 51.4 Å². The number of hydrogen-bond acceptors (Lipinski definition) is 7. The Labute approximate surface area is 257 Å². The number of thiazole rings is 1. The van der Waals surface area contributed by atoms with Crippen LogP contribution in [0.2, 0.25) is 0 Å². The van der Waals surface area contributed by atoms with Gasteiger partial charge in [0.15, 0.2) is 10.8 Å². The fraction of sp³-hybridized carbons (Fsp3) is 0.240. The van der Waals surface area contributed by atoms with E-state index in [0.29, 0.717) is 23.6 Å². The SMILES string of the molecule is COC(=O)[N-]S(=O)(=O)c1ccc(CC(C)C)cc1-c1ccc(Cn2ccnc2-c2nccs2)cc1.[K+]. The van der Waals surface area contributed by atoms with Crippen molar-refractivity contribution in [1.29, 1.82) is 0 Å². The van der Waals surface area contributed by atoms with E-state index in [1.54, 1.807) is 18.5 Å². The van der Waals surface area contributed by atoms with Crippen LogP contribution in [0, 0.1) is 5.92 Å². The second-order valence-corrected chi connectivity index (χ2v) is 10.8. The zero-order valence-electron chi connectivity index (χ0n) is 20.6. The van der Waals surface area contributed by atoms with Crippen LogP contribution < -0.4 is 51.4 Å². The molecule has 0 saturated heterocycles. The van der Waals surface area contributed by atoms with Crippen LogP contribution in [-0.2, 0) is 27.7 Å². The van der Waals surface area contributed by atoms with Crippen molar-refractivity contribution in [2.45, 2.75) is 31.7 Å². The van der Waals surface area contributed by atoms with Crippen molar-refractivity contribution in [3.63, 3.8) is 0 Å². The molecule has 2 heterocycles. The van der Waals surface area contributed by atoms with E-state index in [-0.39, 0.29) is 56.3 Å². The quantitative estimate of drug-likeness (QED) is 0.314. The molecule has 4 aromatic rings. The van der Waals surface area contributed by atoms with Crippen molar-refractivity contribution < 1.29 is 69.3 Å². The van der Waals surface area contributed by atoms with E-state index in [2.05, 4.69) is 33.3 Å². The van der Waals surface area contributed by atoms with Crippen LogP contribution >= 0.6 is 11.3 Å². The summed E-state index contributed by atoms with van der Waals surface area (Å²) in [5.41, 5.74) is 3.23. The molecule has 0 saturated carbocycles. The molecule has 2 aromatic carbocycles. The van der Waals surface area contributed by atoms with Gasteiger partial charge in [0, 0.05) is 30.5 Å². The zero-order chi connectivity index (χ0) is 25.0. The molecule has 0 atom stereocenters. The van der Waals surface area contributed by atoms with Crippen LogP contribution in [0.3, 0.4) is 0 Å². The van der Waals surface area contributed by atoms with Crippen molar-refractivity contribution in [3.8, 4) is 22.0 Å². The minimum absolute atomic E-state index is 0. The van der Waals surface area contributed by atoms with Gasteiger partial charge in [-0.15, -0.1) is 11.3 Å². The Kier molecular flexibility index (Phi) is 10.0. The number of methoxy groups -OCH3 is 1. The maximum Gasteiger partial charge on any atom is 1.00 e. The number of rotatable bonds is 8. The first kappa shape index (κ1) is 28.7. The summed E-state index contributed by atoms with van der Waals surface area (Å²) >= 11 is 1.53. The van der Waals surface area contributed by atoms with Crippen molar-refractivity contribution >= 4 is 27.5 Å². The van der Waals surface area contributed by atoms with E-state index in [1.807, 2.05) is 46.5 Å². The fourth-order valence-corrected chi connectivity index (χ4v) is 5.48. The second kappa shape index (κ2) is 12.6. The molecule has 36 heavy (non-hydrogen) atoms. The van der Waals surface area contributed by atoms with Gasteiger partial charge in [-0.25, -0.2) is 18.4 Å². The van der Waals surface area contributed by atoms with Crippen LogP contribution in [0.4, 0.5) is 4.79 Å². The molecule has 0 N–H and O–H groups in total. The Hall–Kier alpha value is -1.86. The monoisotopic (exact) mass is 548 g/mol. The molecule has 4 rings (SSSR count). The predicted molar refractivity (Wildman–Crippen MR) is 136 cm³/mol. The summed E-state index contributed by atoms with van der Waals surface area (Å²) in [6.45, 7) is 4.79. The third-order valence-corrected chi connectivity index (χ3v) is 7.36. The molecule has 182 valence electrons. The summed E-state index contributed by atoms with van der Waals surface area (Å²) in [4.78, 5) is 20.3. The number of hydrogen-bond donors (Lipinski definition) is 0. The van der Waals surface area contributed by atoms with Crippen molar-refractivity contribution in [1.82, 2.24) is 14.5 Å². The first-order valence-electron chi connectivity index (χ1n) is 11.0. The van der Waals surface area contributed by atoms with Gasteiger partial charge in [-0.2, -0.15) is 0 Å². The molecule has 11 heteroatoms. The molecule has 0 radical (unpaired) electrons. The van der Waals surface area contributed by atoms with Gasteiger partial charge in [-0.05, 0) is 46.7 Å². The number of sulfonamides is 1. The van der Waals surface area contributed by atoms with Gasteiger partial charge in [0.25, 0.3) is 0 Å². The van der Waals surface area contributed by atoms with Crippen molar-refractivity contribution in [2.24, 2.45) is 5.92 Å². The van der Waals surface area contributed by atoms with Crippen LogP contribution in [0.15, 0.2) is 71.3 Å². The number of nitrogens with zero attached hydrogens (tertiary/aromatic N) is 4. The number of ether oxygens (including phenoxy) is 1. The first-order chi connectivity index (χ1) is 16.8. The standard InChI is InChI=1S/C25H26N4O4S2.K/c1-17(2)14-19-6-9-22(35(31,32)28-25(30)33-3)21(15-19)20-7-4-18(5-8-20)16-29-12-10-26-23(29)24-27-11-13-34-24;/h4-13,15,17H,14,16H2,1-3H3,(H,28,30);/q;+1/p-1. The van der Waals surface area contributed by atoms with Gasteiger partial charge in [-0.3, -0.25) is 4.79 Å². The number of aromatic nitrogens is 3. The summed E-state index contributed by atoms with van der Waals surface area (Å²) in [6.07, 6.45) is 5.03. The van der Waals surface area contributed by atoms with Crippen molar-refractivity contribution in [2.75, 3.05) is 7.11 Å². The third-order valence-electron chi connectivity index (χ3n) is 5.29. The number of carbonyl (C=O) groups is 1. The number of amides is 1. The maximum atomic E-state index is 12.9. The Morgan fingerprint density at radius 3 is 2.44 bits per heavy atom. The smallest absolute Gasteiger partial charge is 0.506 e. The molecule has 1 amide bonds. The maximum absolute atomic E-state index is 12.9. The van der Waals surface area contributed by atoms with Gasteiger partial charge in [0.1, 0.15) is 10.0 Å². The second-order valence-electron chi connectivity index (χ2n) is 8.38. The minimum Gasteiger partial charge on any atom is -0.506 e. The predicted octanol–water partition coefficient (Wildman–Crippen LogP) is 2.75. The van der Waals surface area contributed by atoms with E-state index in [1.165, 1.54) is 17.4 Å². The molecule has 0 aliphatic carbocycles. The number of imidazole rings is 1. The summed E-state index contributed by atoms with van der Waals surface area (Å²) in [5.74, 6) is 1.19. The Bertz CT molecular complexity index is 1420. The molecule has 2 aromatic heterocycles. The van der Waals surface area contributed by atoms with Crippen LogP contribution in [0.5, 0.6) is 0 Å². The molecule has 0 aliphatic heterocycles. The molecule has 0 fully saturated rings. The largest absolute Gasteiger partial charge is 1.00 e. The van der Waals surface area contributed by atoms with Crippen LogP contribution in [0.1, 0.15) is 25.0 Å². The number of benzene rings is 2. The summed E-state index contributed by atoms with van der Waals surface area (Å²) < 4.78 is 35.5. The molecule has 8 nitrogen and oxygen atoms in total. The fourth-order valence-electron chi connectivity index (χ4n) is 3.77. The minimum atomic E-state index is -4.25. The van der Waals surface area contributed by atoms with Crippen molar-refractivity contribution in [3.05, 3.63) is 82.3 Å². The van der Waals surface area contributed by atoms with Gasteiger partial charge in [0.05, 0.1) is 12.0 Å². The topological polar surface area (TPSA) is 105 Å². The van der Waals surface area contributed by atoms with Gasteiger partial charge in [0.2, 0.25) is 6.09 Å². The van der Waals surface area contributed by atoms with Gasteiger partial charge < -0.3 is 14.0 Å². The van der Waals surface area contributed by atoms with Crippen LogP contribution in [-0.4, -0.2) is 36.2 Å². The third kappa shape index (κ3) is 6.91. The van der Waals surface area contributed by atoms with E-state index in [0.717, 1.165) is 35.5 Å². The normalized spacial score (nSPS) is 11.2. The first-order valence-corrected chi connectivity index (χ1v) is 13.3. The van der Waals surface area contributed by atoms with E-state index < -0.39 is 16.1 Å². The Morgan fingerprint density at radius 1 is 1.08 bits per heavy atom. The molecule has 0 unspecified atom stereocenters. The Morgan fingerprint density at radius 2 is 1.81 bits per heavy atom. The summed E-state index contributed by atoms with van der Waals surface area (Å²) in [5, 5.41) is 2.76. The molecule has 0 spiro atoms. The Balaban J connectivity index is 0.00000361. The average Bonchev–Trinajstić information content (AvgIpc) is 3.50. The zero-order valence-corrected chi connectivity index (χ0v) is 25.3. The number of carbonyl (C=O) groups excluding carboxylic acids is 1. The van der Waals surface area contributed by atoms with E-state index >= 15 is 0 Å². The van der Waals surface area contributed by atoms with E-state index in [9.17, 15) is 13.2 Å². The average molecular weight is 549 g/mol. The molecular weight excluding hydrogens is 524 g/mol. The molecular formula is C25H25KN4O4S2. The summed E-state index contributed by atoms with van der Waals surface area (Å²) in [6, 6.07) is 12.8. The molecule has 0 aliphatic rings. The van der Waals surface area contributed by atoms with E-state index in [4.69, 9.17) is 0 Å². The summed E-state index contributed by atoms with van der Waals surface area (Å²) in [7, 11) is -3.16. The van der Waals surface area contributed by atoms with Crippen LogP contribution in [0.25, 0.3) is 26.7 Å².